The number of rotatable bonds is 4. The van der Waals surface area contributed by atoms with Gasteiger partial charge in [0.05, 0.1) is 31.1 Å². The highest BCUT2D eigenvalue weighted by Gasteiger charge is 2.49. The summed E-state index contributed by atoms with van der Waals surface area (Å²) in [6, 6.07) is 14.3. The molecule has 3 aromatic rings. The van der Waals surface area contributed by atoms with Crippen molar-refractivity contribution in [3.63, 3.8) is 0 Å². The van der Waals surface area contributed by atoms with Gasteiger partial charge < -0.3 is 14.8 Å². The van der Waals surface area contributed by atoms with Crippen molar-refractivity contribution >= 4 is 23.5 Å². The molecule has 170 valence electrons. The van der Waals surface area contributed by atoms with Crippen LogP contribution in [-0.2, 0) is 16.9 Å². The van der Waals surface area contributed by atoms with Crippen molar-refractivity contribution in [2.24, 2.45) is 0 Å². The Hall–Kier alpha value is -3.52. The number of hydrogen-bond donors (Lipinski definition) is 1. The number of nitrogens with zero attached hydrogens (tertiary/aromatic N) is 3. The molecule has 0 saturated carbocycles. The molecule has 0 spiro atoms. The number of urea groups is 1. The molecule has 0 unspecified atom stereocenters. The molecule has 5 rings (SSSR count). The first kappa shape index (κ1) is 21.3. The summed E-state index contributed by atoms with van der Waals surface area (Å²) in [6.07, 6.45) is 0.779. The number of hydrogen-bond acceptors (Lipinski definition) is 5. The van der Waals surface area contributed by atoms with Crippen LogP contribution in [0.3, 0.4) is 0 Å². The number of benzene rings is 2. The number of nitrogens with one attached hydrogen (secondary N) is 1. The van der Waals surface area contributed by atoms with E-state index in [1.54, 1.807) is 29.8 Å². The number of carbonyl (C=O) groups excluding carboxylic acids is 2. The Balaban J connectivity index is 1.44. The zero-order valence-corrected chi connectivity index (χ0v) is 19.1. The smallest absolute Gasteiger partial charge is 0.325 e. The van der Waals surface area contributed by atoms with E-state index >= 15 is 0 Å². The van der Waals surface area contributed by atoms with Crippen LogP contribution in [0.15, 0.2) is 48.5 Å². The predicted octanol–water partition coefficient (Wildman–Crippen LogP) is 3.96. The lowest BCUT2D eigenvalue weighted by Gasteiger charge is -2.23. The molecule has 2 aromatic carbocycles. The van der Waals surface area contributed by atoms with Crippen LogP contribution in [0.2, 0.25) is 5.15 Å². The molecule has 2 aliphatic rings. The Morgan fingerprint density at radius 3 is 2.58 bits per heavy atom. The van der Waals surface area contributed by atoms with E-state index in [1.165, 1.54) is 4.90 Å². The number of amides is 3. The molecule has 2 aliphatic heterocycles. The Morgan fingerprint density at radius 2 is 1.82 bits per heavy atom. The van der Waals surface area contributed by atoms with E-state index in [4.69, 9.17) is 21.1 Å². The number of aryl methyl sites for hydroxylation is 1. The first-order valence-corrected chi connectivity index (χ1v) is 11.1. The van der Waals surface area contributed by atoms with Crippen molar-refractivity contribution in [2.45, 2.75) is 32.4 Å². The maximum Gasteiger partial charge on any atom is 0.325 e. The first-order valence-electron chi connectivity index (χ1n) is 10.7. The number of halogens is 1. The molecule has 3 heterocycles. The van der Waals surface area contributed by atoms with Crippen LogP contribution in [0.1, 0.15) is 30.2 Å². The van der Waals surface area contributed by atoms with Crippen molar-refractivity contribution in [1.82, 2.24) is 20.0 Å². The monoisotopic (exact) mass is 466 g/mol. The van der Waals surface area contributed by atoms with Gasteiger partial charge in [-0.3, -0.25) is 9.69 Å². The van der Waals surface area contributed by atoms with E-state index < -0.39 is 11.6 Å². The van der Waals surface area contributed by atoms with E-state index in [-0.39, 0.29) is 12.5 Å². The molecular formula is C24H23ClN4O4. The highest BCUT2D eigenvalue weighted by molar-refractivity contribution is 6.30. The van der Waals surface area contributed by atoms with Crippen molar-refractivity contribution in [2.75, 3.05) is 13.2 Å². The van der Waals surface area contributed by atoms with Gasteiger partial charge in [-0.05, 0) is 43.7 Å². The molecule has 8 nitrogen and oxygen atoms in total. The average Bonchev–Trinajstić information content (AvgIpc) is 3.09. The van der Waals surface area contributed by atoms with Gasteiger partial charge >= 0.3 is 6.03 Å². The number of fused-ring (bicyclic) bond motifs is 1. The summed E-state index contributed by atoms with van der Waals surface area (Å²) < 4.78 is 13.0. The van der Waals surface area contributed by atoms with Crippen molar-refractivity contribution in [3.05, 3.63) is 70.5 Å². The van der Waals surface area contributed by atoms with Crippen LogP contribution in [0.4, 0.5) is 4.79 Å². The quantitative estimate of drug-likeness (QED) is 0.588. The van der Waals surface area contributed by atoms with E-state index in [2.05, 4.69) is 10.4 Å². The minimum atomic E-state index is -1.24. The summed E-state index contributed by atoms with van der Waals surface area (Å²) in [5, 5.41) is 7.71. The average molecular weight is 467 g/mol. The second kappa shape index (κ2) is 8.12. The van der Waals surface area contributed by atoms with E-state index in [0.29, 0.717) is 46.7 Å². The van der Waals surface area contributed by atoms with Gasteiger partial charge in [-0.1, -0.05) is 35.9 Å². The van der Waals surface area contributed by atoms with Crippen molar-refractivity contribution in [3.8, 4) is 17.2 Å². The van der Waals surface area contributed by atoms with Crippen molar-refractivity contribution in [1.29, 1.82) is 0 Å². The summed E-state index contributed by atoms with van der Waals surface area (Å²) in [6.45, 7) is 4.62. The number of carbonyl (C=O) groups is 2. The van der Waals surface area contributed by atoms with Crippen LogP contribution in [0.25, 0.3) is 5.69 Å². The molecule has 0 aliphatic carbocycles. The van der Waals surface area contributed by atoms with Gasteiger partial charge in [0.15, 0.2) is 11.5 Å². The Kier molecular flexibility index (Phi) is 5.25. The number of para-hydroxylation sites is 1. The van der Waals surface area contributed by atoms with Gasteiger partial charge in [0.25, 0.3) is 5.91 Å². The fourth-order valence-electron chi connectivity index (χ4n) is 4.12. The molecule has 0 radical (unpaired) electrons. The molecular weight excluding hydrogens is 444 g/mol. The summed E-state index contributed by atoms with van der Waals surface area (Å²) >= 11 is 6.62. The summed E-state index contributed by atoms with van der Waals surface area (Å²) in [7, 11) is 0. The van der Waals surface area contributed by atoms with Gasteiger partial charge in [0.1, 0.15) is 10.7 Å². The zero-order valence-electron chi connectivity index (χ0n) is 18.3. The number of ether oxygens (including phenoxy) is 2. The van der Waals surface area contributed by atoms with E-state index in [9.17, 15) is 9.59 Å². The van der Waals surface area contributed by atoms with Crippen LogP contribution < -0.4 is 14.8 Å². The molecule has 1 fully saturated rings. The third-order valence-corrected chi connectivity index (χ3v) is 6.43. The number of aromatic nitrogens is 2. The van der Waals surface area contributed by atoms with Crippen LogP contribution >= 0.6 is 11.6 Å². The van der Waals surface area contributed by atoms with Crippen LogP contribution in [-0.4, -0.2) is 39.8 Å². The highest BCUT2D eigenvalue weighted by Crippen LogP contribution is 2.37. The third-order valence-electron chi connectivity index (χ3n) is 6.04. The fourth-order valence-corrected chi connectivity index (χ4v) is 4.45. The molecule has 1 saturated heterocycles. The maximum atomic E-state index is 13.5. The molecule has 1 aromatic heterocycles. The maximum absolute atomic E-state index is 13.5. The van der Waals surface area contributed by atoms with E-state index in [0.717, 1.165) is 12.1 Å². The first-order chi connectivity index (χ1) is 15.9. The lowest BCUT2D eigenvalue weighted by atomic mass is 9.91. The highest BCUT2D eigenvalue weighted by atomic mass is 35.5. The molecule has 9 heteroatoms. The third kappa shape index (κ3) is 3.60. The second-order valence-corrected chi connectivity index (χ2v) is 8.62. The number of imide groups is 1. The Bertz CT molecular complexity index is 1240. The van der Waals surface area contributed by atoms with Gasteiger partial charge in [0, 0.05) is 12.0 Å². The molecule has 33 heavy (non-hydrogen) atoms. The van der Waals surface area contributed by atoms with Crippen LogP contribution in [0.5, 0.6) is 11.5 Å². The SMILES string of the molecule is Cc1nn(-c2ccccc2)c(Cl)c1CN1C(=O)N[C@](C)(c2ccc3c(c2)OCCCO3)C1=O. The fraction of sp³-hybridized carbons (Fsp3) is 0.292. The minimum absolute atomic E-state index is 0.0162. The summed E-state index contributed by atoms with van der Waals surface area (Å²) in [5.41, 5.74) is 1.44. The van der Waals surface area contributed by atoms with E-state index in [1.807, 2.05) is 37.3 Å². The normalized spacial score (nSPS) is 20.0. The van der Waals surface area contributed by atoms with Gasteiger partial charge in [-0.25, -0.2) is 9.48 Å². The van der Waals surface area contributed by atoms with Gasteiger partial charge in [0.2, 0.25) is 0 Å². The zero-order chi connectivity index (χ0) is 23.2. The summed E-state index contributed by atoms with van der Waals surface area (Å²) in [5.74, 6) is 0.823. The molecule has 3 amide bonds. The standard InChI is InChI=1S/C24H23ClN4O4/c1-15-18(21(25)29(27-15)17-7-4-3-5-8-17)14-28-22(30)24(2,26-23(28)31)16-9-10-19-20(13-16)33-12-6-11-32-19/h3-5,7-10,13H,6,11-12,14H2,1-2H3,(H,26,31)/t24-/m1/s1. The topological polar surface area (TPSA) is 85.7 Å². The predicted molar refractivity (Wildman–Crippen MR) is 122 cm³/mol. The van der Waals surface area contributed by atoms with Gasteiger partial charge in [-0.2, -0.15) is 5.10 Å². The lowest BCUT2D eigenvalue weighted by molar-refractivity contribution is -0.131. The molecule has 1 atom stereocenters. The summed E-state index contributed by atoms with van der Waals surface area (Å²) in [4.78, 5) is 27.5. The van der Waals surface area contributed by atoms with Gasteiger partial charge in [-0.15, -0.1) is 0 Å². The molecule has 1 N–H and O–H groups in total. The largest absolute Gasteiger partial charge is 0.490 e. The lowest BCUT2D eigenvalue weighted by Crippen LogP contribution is -2.40. The minimum Gasteiger partial charge on any atom is -0.490 e. The second-order valence-electron chi connectivity index (χ2n) is 8.26. The Labute approximate surface area is 196 Å². The van der Waals surface area contributed by atoms with Crippen molar-refractivity contribution < 1.29 is 19.1 Å². The molecule has 0 bridgehead atoms. The Morgan fingerprint density at radius 1 is 1.09 bits per heavy atom. The van der Waals surface area contributed by atoms with Crippen LogP contribution in [0, 0.1) is 6.92 Å².